The Hall–Kier alpha value is -0.910. The second kappa shape index (κ2) is 8.97. The fraction of sp³-hybridized carbons (Fsp3) is 0.684. The summed E-state index contributed by atoms with van der Waals surface area (Å²) in [6.45, 7) is 11.5. The minimum absolute atomic E-state index is 0.174. The van der Waals surface area contributed by atoms with Gasteiger partial charge in [-0.2, -0.15) is 0 Å². The Bertz CT molecular complexity index is 594. The van der Waals surface area contributed by atoms with E-state index in [1.165, 1.54) is 11.1 Å². The molecule has 1 heterocycles. The smallest absolute Gasteiger partial charge is 0.151 e. The summed E-state index contributed by atoms with van der Waals surface area (Å²) < 4.78 is 23.8. The average Bonchev–Trinajstić information content (AvgIpc) is 2.92. The lowest BCUT2D eigenvalue weighted by molar-refractivity contribution is 0.186. The molecule has 1 aromatic carbocycles. The van der Waals surface area contributed by atoms with Crippen LogP contribution in [0.1, 0.15) is 37.8 Å². The fourth-order valence-electron chi connectivity index (χ4n) is 3.42. The van der Waals surface area contributed by atoms with Gasteiger partial charge in [-0.05, 0) is 45.0 Å². The van der Waals surface area contributed by atoms with Crippen molar-refractivity contribution in [2.45, 2.75) is 46.2 Å². The minimum atomic E-state index is -2.84. The Labute approximate surface area is 147 Å². The monoisotopic (exact) mass is 352 g/mol. The number of nitrogens with zero attached hydrogens (tertiary/aromatic N) is 2. The Morgan fingerprint density at radius 1 is 1.08 bits per heavy atom. The Balaban J connectivity index is 1.99. The molecule has 136 valence electrons. The Kier molecular flexibility index (Phi) is 7.26. The Morgan fingerprint density at radius 3 is 2.29 bits per heavy atom. The molecule has 0 spiro atoms. The van der Waals surface area contributed by atoms with E-state index in [2.05, 4.69) is 54.8 Å². The quantitative estimate of drug-likeness (QED) is 0.685. The van der Waals surface area contributed by atoms with Crippen LogP contribution in [0.3, 0.4) is 0 Å². The summed E-state index contributed by atoms with van der Waals surface area (Å²) in [6, 6.07) is 8.77. The van der Waals surface area contributed by atoms with Gasteiger partial charge in [0.15, 0.2) is 9.84 Å². The van der Waals surface area contributed by atoms with Gasteiger partial charge < -0.3 is 4.90 Å². The molecule has 4 nitrogen and oxygen atoms in total. The molecular formula is C19H32N2O2S. The lowest BCUT2D eigenvalue weighted by Crippen LogP contribution is -2.38. The van der Waals surface area contributed by atoms with E-state index < -0.39 is 9.84 Å². The van der Waals surface area contributed by atoms with Gasteiger partial charge >= 0.3 is 0 Å². The van der Waals surface area contributed by atoms with Crippen LogP contribution in [0.2, 0.25) is 0 Å². The predicted octanol–water partition coefficient (Wildman–Crippen LogP) is 2.72. The lowest BCUT2D eigenvalue weighted by atomic mass is 10.1. The molecule has 5 heteroatoms. The van der Waals surface area contributed by atoms with Gasteiger partial charge in [0, 0.05) is 19.1 Å². The molecule has 0 bridgehead atoms. The molecule has 1 aliphatic rings. The Morgan fingerprint density at radius 2 is 1.75 bits per heavy atom. The molecule has 0 amide bonds. The normalized spacial score (nSPS) is 20.1. The highest BCUT2D eigenvalue weighted by Gasteiger charge is 2.32. The topological polar surface area (TPSA) is 40.6 Å². The van der Waals surface area contributed by atoms with Crippen LogP contribution in [0.15, 0.2) is 24.3 Å². The zero-order valence-electron chi connectivity index (χ0n) is 15.4. The van der Waals surface area contributed by atoms with Crippen LogP contribution in [0.25, 0.3) is 0 Å². The zero-order valence-corrected chi connectivity index (χ0v) is 16.2. The van der Waals surface area contributed by atoms with Crippen molar-refractivity contribution in [2.75, 3.05) is 37.7 Å². The van der Waals surface area contributed by atoms with Crippen molar-refractivity contribution >= 4 is 9.84 Å². The number of aryl methyl sites for hydroxylation is 1. The summed E-state index contributed by atoms with van der Waals surface area (Å²) >= 11 is 0. The largest absolute Gasteiger partial charge is 0.304 e. The first-order valence-corrected chi connectivity index (χ1v) is 11.0. The van der Waals surface area contributed by atoms with E-state index >= 15 is 0 Å². The number of benzene rings is 1. The van der Waals surface area contributed by atoms with E-state index in [9.17, 15) is 8.42 Å². The molecule has 24 heavy (non-hydrogen) atoms. The van der Waals surface area contributed by atoms with Gasteiger partial charge in [0.25, 0.3) is 0 Å². The third kappa shape index (κ3) is 5.87. The fourth-order valence-corrected chi connectivity index (χ4v) is 5.18. The first kappa shape index (κ1) is 19.4. The van der Waals surface area contributed by atoms with Crippen LogP contribution in [-0.4, -0.2) is 61.9 Å². The van der Waals surface area contributed by atoms with Gasteiger partial charge in [-0.1, -0.05) is 43.7 Å². The number of hydrogen-bond acceptors (Lipinski definition) is 4. The van der Waals surface area contributed by atoms with Crippen LogP contribution >= 0.6 is 0 Å². The van der Waals surface area contributed by atoms with Gasteiger partial charge in [0.2, 0.25) is 0 Å². The molecule has 0 saturated carbocycles. The molecule has 0 aromatic heterocycles. The van der Waals surface area contributed by atoms with Crippen molar-refractivity contribution in [3.8, 4) is 0 Å². The van der Waals surface area contributed by atoms with Crippen molar-refractivity contribution in [3.05, 3.63) is 35.4 Å². The highest BCUT2D eigenvalue weighted by atomic mass is 32.2. The number of rotatable bonds is 9. The summed E-state index contributed by atoms with van der Waals surface area (Å²) in [6.07, 6.45) is 1.86. The van der Waals surface area contributed by atoms with E-state index in [4.69, 9.17) is 0 Å². The predicted molar refractivity (Wildman–Crippen MR) is 101 cm³/mol. The van der Waals surface area contributed by atoms with Crippen molar-refractivity contribution in [1.82, 2.24) is 9.80 Å². The van der Waals surface area contributed by atoms with Gasteiger partial charge in [-0.3, -0.25) is 4.90 Å². The van der Waals surface area contributed by atoms with E-state index in [0.717, 1.165) is 45.6 Å². The summed E-state index contributed by atoms with van der Waals surface area (Å²) in [5.74, 6) is 0.669. The molecule has 0 N–H and O–H groups in total. The molecule has 2 rings (SSSR count). The highest BCUT2D eigenvalue weighted by Crippen LogP contribution is 2.20. The molecule has 0 radical (unpaired) electrons. The molecule has 1 fully saturated rings. The standard InChI is InChI=1S/C19H32N2O2S/c1-4-20(5-2)12-6-13-21(19-11-14-24(22,23)16-19)15-18-9-7-17(3)8-10-18/h7-10,19H,4-6,11-16H2,1-3H3/t19-/m0/s1. The van der Waals surface area contributed by atoms with E-state index in [1.807, 2.05) is 0 Å². The third-order valence-corrected chi connectivity index (χ3v) is 6.80. The maximum atomic E-state index is 11.9. The first-order chi connectivity index (χ1) is 11.4. The van der Waals surface area contributed by atoms with E-state index in [-0.39, 0.29) is 6.04 Å². The number of hydrogen-bond donors (Lipinski definition) is 0. The summed E-state index contributed by atoms with van der Waals surface area (Å²) in [4.78, 5) is 4.81. The maximum absolute atomic E-state index is 11.9. The molecular weight excluding hydrogens is 320 g/mol. The van der Waals surface area contributed by atoms with E-state index in [0.29, 0.717) is 11.5 Å². The molecule has 0 unspecified atom stereocenters. The second-order valence-electron chi connectivity index (χ2n) is 6.89. The molecule has 1 aromatic rings. The molecule has 0 aliphatic carbocycles. The summed E-state index contributed by atoms with van der Waals surface area (Å²) in [7, 11) is -2.84. The van der Waals surface area contributed by atoms with E-state index in [1.54, 1.807) is 0 Å². The van der Waals surface area contributed by atoms with Gasteiger partial charge in [0.1, 0.15) is 0 Å². The van der Waals surface area contributed by atoms with Crippen LogP contribution < -0.4 is 0 Å². The average molecular weight is 353 g/mol. The summed E-state index contributed by atoms with van der Waals surface area (Å²) in [5, 5.41) is 0. The highest BCUT2D eigenvalue weighted by molar-refractivity contribution is 7.91. The number of sulfone groups is 1. The summed E-state index contributed by atoms with van der Waals surface area (Å²) in [5.41, 5.74) is 2.53. The molecule has 1 atom stereocenters. The van der Waals surface area contributed by atoms with Crippen LogP contribution in [0.4, 0.5) is 0 Å². The van der Waals surface area contributed by atoms with Crippen molar-refractivity contribution < 1.29 is 8.42 Å². The molecule has 1 aliphatic heterocycles. The van der Waals surface area contributed by atoms with Gasteiger partial charge in [0.05, 0.1) is 11.5 Å². The zero-order chi connectivity index (χ0) is 17.6. The van der Waals surface area contributed by atoms with Crippen molar-refractivity contribution in [3.63, 3.8) is 0 Å². The first-order valence-electron chi connectivity index (χ1n) is 9.16. The third-order valence-electron chi connectivity index (χ3n) is 5.05. The van der Waals surface area contributed by atoms with Gasteiger partial charge in [-0.25, -0.2) is 8.42 Å². The van der Waals surface area contributed by atoms with Crippen molar-refractivity contribution in [2.24, 2.45) is 0 Å². The lowest BCUT2D eigenvalue weighted by Gasteiger charge is -2.29. The van der Waals surface area contributed by atoms with Crippen LogP contribution in [0.5, 0.6) is 0 Å². The van der Waals surface area contributed by atoms with Crippen LogP contribution in [-0.2, 0) is 16.4 Å². The second-order valence-corrected chi connectivity index (χ2v) is 9.12. The maximum Gasteiger partial charge on any atom is 0.151 e. The molecule has 1 saturated heterocycles. The SMILES string of the molecule is CCN(CC)CCCN(Cc1ccc(C)cc1)[C@H]1CCS(=O)(=O)C1. The van der Waals surface area contributed by atoms with Crippen molar-refractivity contribution in [1.29, 1.82) is 0 Å². The van der Waals surface area contributed by atoms with Crippen LogP contribution in [0, 0.1) is 6.92 Å². The minimum Gasteiger partial charge on any atom is -0.304 e. The van der Waals surface area contributed by atoms with Gasteiger partial charge in [-0.15, -0.1) is 0 Å².